The lowest BCUT2D eigenvalue weighted by Gasteiger charge is -2.09. The summed E-state index contributed by atoms with van der Waals surface area (Å²) in [6.07, 6.45) is 0. The Labute approximate surface area is 257 Å². The van der Waals surface area contributed by atoms with Crippen molar-refractivity contribution in [1.29, 1.82) is 0 Å². The van der Waals surface area contributed by atoms with Crippen LogP contribution in [0, 0.1) is 6.92 Å². The van der Waals surface area contributed by atoms with E-state index in [0.29, 0.717) is 0 Å². The first kappa shape index (κ1) is 34.1. The number of aromatic nitrogens is 2. The van der Waals surface area contributed by atoms with Crippen molar-refractivity contribution in [1.82, 2.24) is 9.78 Å². The van der Waals surface area contributed by atoms with Gasteiger partial charge in [0.25, 0.3) is 10.1 Å². The molecule has 0 spiro atoms. The van der Waals surface area contributed by atoms with Crippen molar-refractivity contribution < 1.29 is 57.2 Å². The summed E-state index contributed by atoms with van der Waals surface area (Å²) in [6.45, 7) is 0.00138. The Balaban J connectivity index is 1.67. The second-order valence-electron chi connectivity index (χ2n) is 9.25. The van der Waals surface area contributed by atoms with Crippen LogP contribution in [0.15, 0.2) is 79.5 Å². The number of hydrogen-bond donors (Lipinski definition) is 4. The summed E-state index contributed by atoms with van der Waals surface area (Å²) < 4.78 is 119. The van der Waals surface area contributed by atoms with E-state index in [0.717, 1.165) is 35.0 Å². The van der Waals surface area contributed by atoms with Gasteiger partial charge in [-0.25, -0.2) is 21.0 Å². The number of rotatable bonds is 12. The molecule has 0 radical (unpaired) electrons. The zero-order valence-corrected chi connectivity index (χ0v) is 26.2. The minimum atomic E-state index is -4.94. The first-order valence-electron chi connectivity index (χ1n) is 12.4. The molecule has 0 saturated heterocycles. The predicted molar refractivity (Wildman–Crippen MR) is 157 cm³/mol. The summed E-state index contributed by atoms with van der Waals surface area (Å²) >= 11 is 0. The third-order valence-corrected chi connectivity index (χ3v) is 11.0. The summed E-state index contributed by atoms with van der Waals surface area (Å²) in [4.78, 5) is -1.08. The number of sulfone groups is 2. The number of nitrogens with zero attached hydrogens (tertiary/aromatic N) is 4. The van der Waals surface area contributed by atoms with Crippen LogP contribution < -0.4 is 0 Å². The standard InChI is InChI=1S/C24H24N4O13S4/c1-15-22(24(30)28(27-15)17-3-5-18(6-4-17)43(33,34)13-11-41-45(38,39)40)26-25-21-9-2-16-14-19(42(31,32)12-10-29)7-8-20(16)23(21)44(35,36)37/h2-9,14,29-30H,10-13H2,1H3,(H,35,36,37)(H,38,39,40). The Kier molecular flexibility index (Phi) is 9.47. The van der Waals surface area contributed by atoms with Crippen molar-refractivity contribution in [2.24, 2.45) is 10.2 Å². The van der Waals surface area contributed by atoms with Gasteiger partial charge in [0.1, 0.15) is 10.6 Å². The van der Waals surface area contributed by atoms with Gasteiger partial charge < -0.3 is 10.2 Å². The molecule has 3 aromatic carbocycles. The average Bonchev–Trinajstić information content (AvgIpc) is 3.22. The molecule has 0 aliphatic rings. The lowest BCUT2D eigenvalue weighted by molar-refractivity contribution is 0.284. The third kappa shape index (κ3) is 7.70. The molecule has 0 saturated carbocycles. The highest BCUT2D eigenvalue weighted by atomic mass is 32.3. The van der Waals surface area contributed by atoms with Crippen molar-refractivity contribution in [2.45, 2.75) is 21.6 Å². The van der Waals surface area contributed by atoms with Crippen LogP contribution in [0.3, 0.4) is 0 Å². The Morgan fingerprint density at radius 2 is 1.44 bits per heavy atom. The van der Waals surface area contributed by atoms with E-state index in [4.69, 9.17) is 9.66 Å². The van der Waals surface area contributed by atoms with Crippen molar-refractivity contribution in [3.05, 3.63) is 60.3 Å². The van der Waals surface area contributed by atoms with Gasteiger partial charge >= 0.3 is 10.4 Å². The molecule has 1 aromatic heterocycles. The fourth-order valence-electron chi connectivity index (χ4n) is 4.12. The summed E-state index contributed by atoms with van der Waals surface area (Å²) in [5.41, 5.74) is -0.277. The SMILES string of the molecule is Cc1nn(-c2ccc(S(=O)(=O)CCOS(=O)(=O)O)cc2)c(O)c1N=Nc1ccc2cc(S(=O)(=O)CCO)ccc2c1S(=O)(=O)O. The summed E-state index contributed by atoms with van der Waals surface area (Å²) in [5.74, 6) is -1.88. The van der Waals surface area contributed by atoms with Gasteiger partial charge in [0.05, 0.1) is 45.9 Å². The van der Waals surface area contributed by atoms with Gasteiger partial charge in [-0.3, -0.25) is 9.11 Å². The highest BCUT2D eigenvalue weighted by molar-refractivity contribution is 7.91. The molecule has 1 heterocycles. The van der Waals surface area contributed by atoms with Crippen molar-refractivity contribution in [3.8, 4) is 11.6 Å². The van der Waals surface area contributed by atoms with Crippen LogP contribution in [0.2, 0.25) is 0 Å². The number of aromatic hydroxyl groups is 1. The molecule has 4 aromatic rings. The van der Waals surface area contributed by atoms with Gasteiger partial charge in [-0.2, -0.15) is 26.6 Å². The van der Waals surface area contributed by atoms with Crippen LogP contribution in [-0.4, -0.2) is 87.5 Å². The molecule has 0 fully saturated rings. The van der Waals surface area contributed by atoms with Gasteiger partial charge in [-0.05, 0) is 54.8 Å². The topological polar surface area (TPSA) is 269 Å². The summed E-state index contributed by atoms with van der Waals surface area (Å²) in [5, 5.41) is 31.8. The maximum atomic E-state index is 12.4. The van der Waals surface area contributed by atoms with Gasteiger partial charge in [0, 0.05) is 5.39 Å². The van der Waals surface area contributed by atoms with Gasteiger partial charge in [-0.1, -0.05) is 12.1 Å². The summed E-state index contributed by atoms with van der Waals surface area (Å²) in [6, 6.07) is 10.8. The Hall–Kier alpha value is -3.83. The van der Waals surface area contributed by atoms with Crippen LogP contribution in [0.1, 0.15) is 5.69 Å². The fraction of sp³-hybridized carbons (Fsp3) is 0.208. The first-order valence-corrected chi connectivity index (χ1v) is 18.5. The van der Waals surface area contributed by atoms with E-state index in [9.17, 15) is 43.3 Å². The van der Waals surface area contributed by atoms with E-state index in [1.165, 1.54) is 31.2 Å². The molecule has 4 rings (SSSR count). The molecular weight excluding hydrogens is 681 g/mol. The molecule has 0 amide bonds. The number of fused-ring (bicyclic) bond motifs is 1. The van der Waals surface area contributed by atoms with E-state index in [-0.39, 0.29) is 43.3 Å². The Morgan fingerprint density at radius 3 is 2.04 bits per heavy atom. The zero-order valence-electron chi connectivity index (χ0n) is 22.9. The lowest BCUT2D eigenvalue weighted by Crippen LogP contribution is -2.15. The van der Waals surface area contributed by atoms with E-state index >= 15 is 0 Å². The molecule has 0 bridgehead atoms. The van der Waals surface area contributed by atoms with Gasteiger partial charge in [0.15, 0.2) is 25.4 Å². The monoisotopic (exact) mass is 704 g/mol. The smallest absolute Gasteiger partial charge is 0.397 e. The van der Waals surface area contributed by atoms with E-state index in [1.54, 1.807) is 0 Å². The number of benzene rings is 3. The molecular formula is C24H24N4O13S4. The molecule has 242 valence electrons. The van der Waals surface area contributed by atoms with E-state index in [2.05, 4.69) is 19.5 Å². The maximum absolute atomic E-state index is 12.4. The second kappa shape index (κ2) is 12.5. The van der Waals surface area contributed by atoms with Crippen LogP contribution >= 0.6 is 0 Å². The molecule has 0 unspecified atom stereocenters. The number of hydrogen-bond acceptors (Lipinski definition) is 14. The van der Waals surface area contributed by atoms with Crippen LogP contribution in [0.4, 0.5) is 11.4 Å². The normalized spacial score (nSPS) is 13.2. The van der Waals surface area contributed by atoms with Crippen LogP contribution in [0.25, 0.3) is 16.5 Å². The highest BCUT2D eigenvalue weighted by Crippen LogP contribution is 2.37. The van der Waals surface area contributed by atoms with Crippen LogP contribution in [-0.2, 0) is 44.4 Å². The predicted octanol–water partition coefficient (Wildman–Crippen LogP) is 2.06. The molecule has 17 nitrogen and oxygen atoms in total. The second-order valence-corrected chi connectivity index (χ2v) is 15.9. The minimum absolute atomic E-state index is 0.0758. The first-order chi connectivity index (χ1) is 20.8. The Bertz CT molecular complexity index is 2250. The quantitative estimate of drug-likeness (QED) is 0.121. The van der Waals surface area contributed by atoms with Gasteiger partial charge in [0.2, 0.25) is 5.88 Å². The summed E-state index contributed by atoms with van der Waals surface area (Å²) in [7, 11) is -17.6. The van der Waals surface area contributed by atoms with Crippen molar-refractivity contribution in [3.63, 3.8) is 0 Å². The minimum Gasteiger partial charge on any atom is -0.492 e. The highest BCUT2D eigenvalue weighted by Gasteiger charge is 2.23. The van der Waals surface area contributed by atoms with E-state index < -0.39 is 75.7 Å². The molecule has 0 aliphatic heterocycles. The number of aliphatic hydroxyl groups excluding tert-OH is 1. The lowest BCUT2D eigenvalue weighted by atomic mass is 10.1. The van der Waals surface area contributed by atoms with Gasteiger partial charge in [-0.15, -0.1) is 10.2 Å². The molecule has 4 N–H and O–H groups in total. The maximum Gasteiger partial charge on any atom is 0.397 e. The fourth-order valence-corrected chi connectivity index (χ4v) is 7.50. The molecule has 0 aliphatic carbocycles. The third-order valence-electron chi connectivity index (χ3n) is 6.19. The number of azo groups is 1. The average molecular weight is 705 g/mol. The molecule has 0 atom stereocenters. The molecule has 21 heteroatoms. The van der Waals surface area contributed by atoms with Crippen LogP contribution in [0.5, 0.6) is 5.88 Å². The van der Waals surface area contributed by atoms with E-state index in [1.807, 2.05) is 0 Å². The number of aryl methyl sites for hydroxylation is 1. The van der Waals surface area contributed by atoms with Crippen molar-refractivity contribution >= 4 is 62.3 Å². The van der Waals surface area contributed by atoms with Crippen molar-refractivity contribution in [2.75, 3.05) is 24.7 Å². The largest absolute Gasteiger partial charge is 0.492 e. The Morgan fingerprint density at radius 1 is 0.822 bits per heavy atom. The zero-order chi connectivity index (χ0) is 33.4. The number of aliphatic hydroxyl groups is 1. The molecule has 45 heavy (non-hydrogen) atoms.